The Balaban J connectivity index is 1.43. The van der Waals surface area contributed by atoms with Crippen LogP contribution in [0.4, 0.5) is 10.6 Å². The van der Waals surface area contributed by atoms with Gasteiger partial charge in [0.25, 0.3) is 0 Å². The van der Waals surface area contributed by atoms with Crippen LogP contribution in [0.3, 0.4) is 0 Å². The highest BCUT2D eigenvalue weighted by atomic mass is 16.5. The fourth-order valence-corrected chi connectivity index (χ4v) is 3.03. The van der Waals surface area contributed by atoms with E-state index in [2.05, 4.69) is 20.5 Å². The van der Waals surface area contributed by atoms with Crippen LogP contribution in [0.2, 0.25) is 0 Å². The van der Waals surface area contributed by atoms with Crippen LogP contribution in [0.1, 0.15) is 25.3 Å². The Morgan fingerprint density at radius 3 is 2.88 bits per heavy atom. The van der Waals surface area contributed by atoms with E-state index in [1.807, 2.05) is 25.3 Å². The van der Waals surface area contributed by atoms with Crippen molar-refractivity contribution in [3.8, 4) is 0 Å². The van der Waals surface area contributed by atoms with Crippen LogP contribution >= 0.6 is 0 Å². The molecular weight excluding hydrogens is 308 g/mol. The van der Waals surface area contributed by atoms with Crippen molar-refractivity contribution in [2.24, 2.45) is 0 Å². The maximum absolute atomic E-state index is 12.0. The predicted molar refractivity (Wildman–Crippen MR) is 91.1 cm³/mol. The highest BCUT2D eigenvalue weighted by Gasteiger charge is 2.23. The van der Waals surface area contributed by atoms with Gasteiger partial charge in [-0.3, -0.25) is 0 Å². The van der Waals surface area contributed by atoms with Crippen LogP contribution in [0.15, 0.2) is 18.3 Å². The number of hydrogen-bond donors (Lipinski definition) is 2. The zero-order valence-electron chi connectivity index (χ0n) is 14.2. The van der Waals surface area contributed by atoms with Crippen molar-refractivity contribution in [2.45, 2.75) is 38.5 Å². The van der Waals surface area contributed by atoms with Crippen LogP contribution in [-0.4, -0.2) is 56.1 Å². The molecule has 0 saturated carbocycles. The van der Waals surface area contributed by atoms with Crippen molar-refractivity contribution in [1.29, 1.82) is 0 Å². The molecule has 2 aliphatic rings. The van der Waals surface area contributed by atoms with Gasteiger partial charge in [-0.1, -0.05) is 6.07 Å². The Morgan fingerprint density at radius 2 is 2.21 bits per heavy atom. The zero-order valence-corrected chi connectivity index (χ0v) is 14.2. The molecule has 2 unspecified atom stereocenters. The lowest BCUT2D eigenvalue weighted by atomic mass is 10.1. The van der Waals surface area contributed by atoms with Gasteiger partial charge in [0.1, 0.15) is 5.82 Å². The average molecular weight is 334 g/mol. The van der Waals surface area contributed by atoms with E-state index >= 15 is 0 Å². The normalized spacial score (nSPS) is 22.2. The molecule has 7 heteroatoms. The maximum Gasteiger partial charge on any atom is 0.315 e. The van der Waals surface area contributed by atoms with Crippen LogP contribution in [0.25, 0.3) is 0 Å². The van der Waals surface area contributed by atoms with Crippen molar-refractivity contribution < 1.29 is 14.3 Å². The van der Waals surface area contributed by atoms with Gasteiger partial charge in [-0.25, -0.2) is 9.78 Å². The second kappa shape index (κ2) is 8.30. The minimum atomic E-state index is -0.171. The van der Waals surface area contributed by atoms with Crippen LogP contribution in [0.5, 0.6) is 0 Å². The second-order valence-electron chi connectivity index (χ2n) is 6.29. The number of amides is 2. The molecule has 0 spiro atoms. The Kier molecular flexibility index (Phi) is 5.87. The number of carbonyl (C=O) groups is 1. The number of morpholine rings is 1. The second-order valence-corrected chi connectivity index (χ2v) is 6.29. The van der Waals surface area contributed by atoms with Gasteiger partial charge in [0.05, 0.1) is 25.4 Å². The third-order valence-electron chi connectivity index (χ3n) is 4.48. The quantitative estimate of drug-likeness (QED) is 0.848. The lowest BCUT2D eigenvalue weighted by Gasteiger charge is -2.27. The Hall–Kier alpha value is -1.86. The molecule has 2 atom stereocenters. The highest BCUT2D eigenvalue weighted by molar-refractivity contribution is 5.74. The molecule has 0 radical (unpaired) electrons. The summed E-state index contributed by atoms with van der Waals surface area (Å²) in [5.41, 5.74) is 0.979. The van der Waals surface area contributed by atoms with Gasteiger partial charge >= 0.3 is 6.03 Å². The first-order valence-electron chi connectivity index (χ1n) is 8.66. The zero-order chi connectivity index (χ0) is 16.8. The molecular formula is C17H26N4O3. The van der Waals surface area contributed by atoms with E-state index in [9.17, 15) is 4.79 Å². The SMILES string of the molecule is CC(NC(=O)NCc1ccc(N2CCOCC2)nc1)C1CCCO1. The van der Waals surface area contributed by atoms with Gasteiger partial charge < -0.3 is 25.0 Å². The van der Waals surface area contributed by atoms with Gasteiger partial charge in [0.2, 0.25) is 0 Å². The van der Waals surface area contributed by atoms with Crippen molar-refractivity contribution >= 4 is 11.8 Å². The van der Waals surface area contributed by atoms with Crippen molar-refractivity contribution in [3.05, 3.63) is 23.9 Å². The van der Waals surface area contributed by atoms with E-state index in [0.717, 1.165) is 57.1 Å². The topological polar surface area (TPSA) is 75.7 Å². The Bertz CT molecular complexity index is 525. The standard InChI is InChI=1S/C17H26N4O3/c1-13(15-3-2-8-24-15)20-17(22)19-12-14-4-5-16(18-11-14)21-6-9-23-10-7-21/h4-5,11,13,15H,2-3,6-10,12H2,1H3,(H2,19,20,22). The monoisotopic (exact) mass is 334 g/mol. The molecule has 1 aromatic rings. The molecule has 2 amide bonds. The summed E-state index contributed by atoms with van der Waals surface area (Å²) in [6, 6.07) is 3.85. The number of hydrogen-bond acceptors (Lipinski definition) is 5. The van der Waals surface area contributed by atoms with E-state index in [4.69, 9.17) is 9.47 Å². The molecule has 2 N–H and O–H groups in total. The third-order valence-corrected chi connectivity index (χ3v) is 4.48. The summed E-state index contributed by atoms with van der Waals surface area (Å²) in [6.07, 6.45) is 4.02. The predicted octanol–water partition coefficient (Wildman–Crippen LogP) is 1.28. The fraction of sp³-hybridized carbons (Fsp3) is 0.647. The number of pyridine rings is 1. The molecule has 3 rings (SSSR count). The first kappa shape index (κ1) is 17.0. The molecule has 2 aliphatic heterocycles. The minimum Gasteiger partial charge on any atom is -0.378 e. The van der Waals surface area contributed by atoms with Gasteiger partial charge in [0, 0.05) is 32.4 Å². The van der Waals surface area contributed by atoms with Crippen molar-refractivity contribution in [3.63, 3.8) is 0 Å². The molecule has 0 aliphatic carbocycles. The fourth-order valence-electron chi connectivity index (χ4n) is 3.03. The molecule has 1 aromatic heterocycles. The van der Waals surface area contributed by atoms with E-state index in [1.54, 1.807) is 0 Å². The van der Waals surface area contributed by atoms with Crippen molar-refractivity contribution in [1.82, 2.24) is 15.6 Å². The number of aromatic nitrogens is 1. The Morgan fingerprint density at radius 1 is 1.38 bits per heavy atom. The van der Waals surface area contributed by atoms with Gasteiger partial charge in [-0.15, -0.1) is 0 Å². The summed E-state index contributed by atoms with van der Waals surface area (Å²) < 4.78 is 10.9. The number of rotatable bonds is 5. The molecule has 24 heavy (non-hydrogen) atoms. The summed E-state index contributed by atoms with van der Waals surface area (Å²) in [5, 5.41) is 5.81. The van der Waals surface area contributed by atoms with E-state index < -0.39 is 0 Å². The molecule has 132 valence electrons. The summed E-state index contributed by atoms with van der Waals surface area (Å²) in [5.74, 6) is 0.957. The first-order valence-corrected chi connectivity index (χ1v) is 8.66. The molecule has 0 bridgehead atoms. The van der Waals surface area contributed by atoms with Gasteiger partial charge in [0.15, 0.2) is 0 Å². The molecule has 7 nitrogen and oxygen atoms in total. The third kappa shape index (κ3) is 4.58. The molecule has 2 fully saturated rings. The maximum atomic E-state index is 12.0. The largest absolute Gasteiger partial charge is 0.378 e. The summed E-state index contributed by atoms with van der Waals surface area (Å²) >= 11 is 0. The lowest BCUT2D eigenvalue weighted by Crippen LogP contribution is -2.45. The number of carbonyl (C=O) groups excluding carboxylic acids is 1. The number of nitrogens with zero attached hydrogens (tertiary/aromatic N) is 2. The van der Waals surface area contributed by atoms with Crippen LogP contribution < -0.4 is 15.5 Å². The van der Waals surface area contributed by atoms with E-state index in [1.165, 1.54) is 0 Å². The van der Waals surface area contributed by atoms with Gasteiger partial charge in [-0.05, 0) is 31.4 Å². The van der Waals surface area contributed by atoms with Crippen molar-refractivity contribution in [2.75, 3.05) is 37.8 Å². The van der Waals surface area contributed by atoms with E-state index in [0.29, 0.717) is 6.54 Å². The Labute approximate surface area is 142 Å². The number of ether oxygens (including phenoxy) is 2. The number of nitrogens with one attached hydrogen (secondary N) is 2. The minimum absolute atomic E-state index is 0.0225. The molecule has 3 heterocycles. The number of anilines is 1. The summed E-state index contributed by atoms with van der Waals surface area (Å²) in [6.45, 7) is 6.46. The number of urea groups is 1. The smallest absolute Gasteiger partial charge is 0.315 e. The molecule has 0 aromatic carbocycles. The van der Waals surface area contributed by atoms with Crippen LogP contribution in [0, 0.1) is 0 Å². The molecule has 2 saturated heterocycles. The summed E-state index contributed by atoms with van der Waals surface area (Å²) in [4.78, 5) is 18.7. The van der Waals surface area contributed by atoms with Crippen LogP contribution in [-0.2, 0) is 16.0 Å². The lowest BCUT2D eigenvalue weighted by molar-refractivity contribution is 0.0860. The first-order chi connectivity index (χ1) is 11.7. The summed E-state index contributed by atoms with van der Waals surface area (Å²) in [7, 11) is 0. The average Bonchev–Trinajstić information content (AvgIpc) is 3.16. The van der Waals surface area contributed by atoms with Gasteiger partial charge in [-0.2, -0.15) is 0 Å². The highest BCUT2D eigenvalue weighted by Crippen LogP contribution is 2.15. The van der Waals surface area contributed by atoms with E-state index in [-0.39, 0.29) is 18.2 Å².